The number of carbonyl (C=O) groups excluding carboxylic acids is 2. The highest BCUT2D eigenvalue weighted by Crippen LogP contribution is 2.16. The Morgan fingerprint density at radius 1 is 1.20 bits per heavy atom. The van der Waals surface area contributed by atoms with Crippen LogP contribution in [-0.4, -0.2) is 18.0 Å². The molecule has 1 aromatic carbocycles. The molecule has 6 nitrogen and oxygen atoms in total. The summed E-state index contributed by atoms with van der Waals surface area (Å²) in [5.41, 5.74) is 12.2. The van der Waals surface area contributed by atoms with Gasteiger partial charge in [0.15, 0.2) is 0 Å². The third kappa shape index (κ3) is 5.71. The fraction of sp³-hybridized carbons (Fsp3) is 0.429. The SMILES string of the molecule is CC(N)CCC(=O)NC(C)c1ccc(NC(N)=O)cc1. The quantitative estimate of drug-likeness (QED) is 0.632. The van der Waals surface area contributed by atoms with Gasteiger partial charge in [-0.2, -0.15) is 0 Å². The number of hydrogen-bond donors (Lipinski definition) is 4. The van der Waals surface area contributed by atoms with Crippen molar-refractivity contribution in [3.8, 4) is 0 Å². The van der Waals surface area contributed by atoms with Gasteiger partial charge in [0.05, 0.1) is 6.04 Å². The van der Waals surface area contributed by atoms with Crippen molar-refractivity contribution < 1.29 is 9.59 Å². The number of benzene rings is 1. The van der Waals surface area contributed by atoms with Gasteiger partial charge in [-0.1, -0.05) is 12.1 Å². The van der Waals surface area contributed by atoms with Gasteiger partial charge in [0, 0.05) is 18.2 Å². The average Bonchev–Trinajstić information content (AvgIpc) is 2.36. The van der Waals surface area contributed by atoms with Crippen molar-refractivity contribution in [3.05, 3.63) is 29.8 Å². The predicted octanol–water partition coefficient (Wildman–Crippen LogP) is 1.48. The fourth-order valence-electron chi connectivity index (χ4n) is 1.75. The van der Waals surface area contributed by atoms with Gasteiger partial charge >= 0.3 is 6.03 Å². The first-order valence-electron chi connectivity index (χ1n) is 6.60. The van der Waals surface area contributed by atoms with Crippen molar-refractivity contribution in [2.45, 2.75) is 38.8 Å². The summed E-state index contributed by atoms with van der Waals surface area (Å²) in [4.78, 5) is 22.4. The van der Waals surface area contributed by atoms with Crippen LogP contribution in [0.1, 0.15) is 38.3 Å². The van der Waals surface area contributed by atoms with Crippen molar-refractivity contribution in [1.29, 1.82) is 0 Å². The van der Waals surface area contributed by atoms with E-state index >= 15 is 0 Å². The molecule has 2 atom stereocenters. The molecular formula is C14H22N4O2. The van der Waals surface area contributed by atoms with Crippen LogP contribution >= 0.6 is 0 Å². The highest BCUT2D eigenvalue weighted by Gasteiger charge is 2.10. The summed E-state index contributed by atoms with van der Waals surface area (Å²) in [6.07, 6.45) is 1.09. The van der Waals surface area contributed by atoms with Crippen molar-refractivity contribution in [2.24, 2.45) is 11.5 Å². The Morgan fingerprint density at radius 2 is 1.80 bits per heavy atom. The predicted molar refractivity (Wildman–Crippen MR) is 79.1 cm³/mol. The maximum absolute atomic E-state index is 11.7. The van der Waals surface area contributed by atoms with E-state index in [-0.39, 0.29) is 18.0 Å². The van der Waals surface area contributed by atoms with Gasteiger partial charge in [-0.25, -0.2) is 4.79 Å². The fourth-order valence-corrected chi connectivity index (χ4v) is 1.75. The number of nitrogens with one attached hydrogen (secondary N) is 2. The van der Waals surface area contributed by atoms with Crippen molar-refractivity contribution in [3.63, 3.8) is 0 Å². The topological polar surface area (TPSA) is 110 Å². The van der Waals surface area contributed by atoms with Crippen LogP contribution < -0.4 is 22.1 Å². The zero-order valence-corrected chi connectivity index (χ0v) is 11.8. The van der Waals surface area contributed by atoms with Crippen molar-refractivity contribution >= 4 is 17.6 Å². The molecule has 0 saturated heterocycles. The lowest BCUT2D eigenvalue weighted by Crippen LogP contribution is -2.28. The molecule has 0 fully saturated rings. The van der Waals surface area contributed by atoms with Crippen LogP contribution in [0.3, 0.4) is 0 Å². The summed E-state index contributed by atoms with van der Waals surface area (Å²) in [6, 6.07) is 6.47. The Labute approximate surface area is 118 Å². The summed E-state index contributed by atoms with van der Waals surface area (Å²) in [6.45, 7) is 3.78. The lowest BCUT2D eigenvalue weighted by atomic mass is 10.1. The summed E-state index contributed by atoms with van der Waals surface area (Å²) in [5.74, 6) is -0.0193. The van der Waals surface area contributed by atoms with E-state index in [4.69, 9.17) is 11.5 Å². The van der Waals surface area contributed by atoms with Gasteiger partial charge in [0.2, 0.25) is 5.91 Å². The minimum absolute atomic E-state index is 0.0193. The van der Waals surface area contributed by atoms with E-state index < -0.39 is 6.03 Å². The number of anilines is 1. The number of urea groups is 1. The van der Waals surface area contributed by atoms with Gasteiger partial charge in [-0.15, -0.1) is 0 Å². The smallest absolute Gasteiger partial charge is 0.316 e. The molecule has 0 aliphatic carbocycles. The van der Waals surface area contributed by atoms with E-state index in [9.17, 15) is 9.59 Å². The van der Waals surface area contributed by atoms with Gasteiger partial charge in [0.25, 0.3) is 0 Å². The lowest BCUT2D eigenvalue weighted by molar-refractivity contribution is -0.121. The molecule has 1 rings (SSSR count). The first kappa shape index (κ1) is 16.0. The van der Waals surface area contributed by atoms with Crippen LogP contribution in [0, 0.1) is 0 Å². The van der Waals surface area contributed by atoms with Crippen molar-refractivity contribution in [1.82, 2.24) is 5.32 Å². The normalized spacial score (nSPS) is 13.3. The van der Waals surface area contributed by atoms with Crippen LogP contribution in [0.15, 0.2) is 24.3 Å². The Hall–Kier alpha value is -2.08. The summed E-state index contributed by atoms with van der Waals surface area (Å²) in [7, 11) is 0. The molecule has 0 radical (unpaired) electrons. The van der Waals surface area contributed by atoms with Gasteiger partial charge < -0.3 is 22.1 Å². The third-order valence-corrected chi connectivity index (χ3v) is 2.88. The van der Waals surface area contributed by atoms with E-state index in [0.717, 1.165) is 5.56 Å². The number of hydrogen-bond acceptors (Lipinski definition) is 3. The molecule has 3 amide bonds. The molecule has 1 aromatic rings. The van der Waals surface area contributed by atoms with Gasteiger partial charge in [0.1, 0.15) is 0 Å². The maximum atomic E-state index is 11.7. The number of primary amides is 1. The van der Waals surface area contributed by atoms with E-state index in [0.29, 0.717) is 18.5 Å². The largest absolute Gasteiger partial charge is 0.351 e. The molecule has 0 spiro atoms. The van der Waals surface area contributed by atoms with Gasteiger partial charge in [-0.3, -0.25) is 4.79 Å². The monoisotopic (exact) mass is 278 g/mol. The zero-order chi connectivity index (χ0) is 15.1. The standard InChI is InChI=1S/C14H22N4O2/c1-9(15)3-8-13(19)17-10(2)11-4-6-12(7-5-11)18-14(16)20/h4-7,9-10H,3,8,15H2,1-2H3,(H,17,19)(H3,16,18,20). The Bertz CT molecular complexity index is 457. The zero-order valence-electron chi connectivity index (χ0n) is 11.8. The van der Waals surface area contributed by atoms with Crippen LogP contribution in [0.4, 0.5) is 10.5 Å². The van der Waals surface area contributed by atoms with Crippen LogP contribution in [-0.2, 0) is 4.79 Å². The van der Waals surface area contributed by atoms with Crippen LogP contribution in [0.2, 0.25) is 0 Å². The number of amides is 3. The minimum atomic E-state index is -0.602. The van der Waals surface area contributed by atoms with E-state index in [1.54, 1.807) is 12.1 Å². The molecule has 6 N–H and O–H groups in total. The molecule has 2 unspecified atom stereocenters. The lowest BCUT2D eigenvalue weighted by Gasteiger charge is -2.15. The van der Waals surface area contributed by atoms with Crippen LogP contribution in [0.25, 0.3) is 0 Å². The first-order chi connectivity index (χ1) is 9.38. The minimum Gasteiger partial charge on any atom is -0.351 e. The maximum Gasteiger partial charge on any atom is 0.316 e. The summed E-state index contributed by atoms with van der Waals surface area (Å²) >= 11 is 0. The molecule has 0 bridgehead atoms. The number of nitrogens with two attached hydrogens (primary N) is 2. The highest BCUT2D eigenvalue weighted by atomic mass is 16.2. The van der Waals surface area contributed by atoms with E-state index in [1.807, 2.05) is 26.0 Å². The second-order valence-corrected chi connectivity index (χ2v) is 4.92. The number of carbonyl (C=O) groups is 2. The first-order valence-corrected chi connectivity index (χ1v) is 6.60. The van der Waals surface area contributed by atoms with Gasteiger partial charge in [-0.05, 0) is 38.0 Å². The molecule has 20 heavy (non-hydrogen) atoms. The molecular weight excluding hydrogens is 256 g/mol. The van der Waals surface area contributed by atoms with Crippen molar-refractivity contribution in [2.75, 3.05) is 5.32 Å². The Balaban J connectivity index is 2.52. The average molecular weight is 278 g/mol. The third-order valence-electron chi connectivity index (χ3n) is 2.88. The molecule has 0 heterocycles. The molecule has 0 aliphatic heterocycles. The van der Waals surface area contributed by atoms with E-state index in [1.165, 1.54) is 0 Å². The molecule has 6 heteroatoms. The van der Waals surface area contributed by atoms with E-state index in [2.05, 4.69) is 10.6 Å². The summed E-state index contributed by atoms with van der Waals surface area (Å²) < 4.78 is 0. The highest BCUT2D eigenvalue weighted by molar-refractivity contribution is 5.87. The summed E-state index contributed by atoms with van der Waals surface area (Å²) in [5, 5.41) is 5.39. The Morgan fingerprint density at radius 3 is 2.30 bits per heavy atom. The second kappa shape index (κ2) is 7.49. The molecule has 0 saturated carbocycles. The molecule has 110 valence electrons. The Kier molecular flexibility index (Phi) is 5.99. The second-order valence-electron chi connectivity index (χ2n) is 4.92. The molecule has 0 aromatic heterocycles. The van der Waals surface area contributed by atoms with Crippen LogP contribution in [0.5, 0.6) is 0 Å². The number of rotatable bonds is 6. The molecule has 0 aliphatic rings.